The second-order valence-corrected chi connectivity index (χ2v) is 6.91. The molecule has 0 atom stereocenters. The van der Waals surface area contributed by atoms with Gasteiger partial charge in [0.2, 0.25) is 11.8 Å². The third-order valence-corrected chi connectivity index (χ3v) is 4.98. The molecule has 25 heavy (non-hydrogen) atoms. The van der Waals surface area contributed by atoms with E-state index in [1.54, 1.807) is 0 Å². The molecule has 0 aromatic heterocycles. The van der Waals surface area contributed by atoms with E-state index in [1.807, 2.05) is 57.2 Å². The minimum absolute atomic E-state index is 0.0235. The maximum absolute atomic E-state index is 12.0. The molecule has 0 saturated heterocycles. The van der Waals surface area contributed by atoms with Crippen LogP contribution in [0, 0.1) is 13.8 Å². The van der Waals surface area contributed by atoms with Crippen molar-refractivity contribution in [2.24, 2.45) is 0 Å². The fraction of sp³-hybridized carbons (Fsp3) is 0.300. The van der Waals surface area contributed by atoms with E-state index in [0.717, 1.165) is 28.1 Å². The molecule has 0 unspecified atom stereocenters. The van der Waals surface area contributed by atoms with E-state index in [9.17, 15) is 9.59 Å². The average molecular weight is 356 g/mol. The van der Waals surface area contributed by atoms with Gasteiger partial charge in [-0.05, 0) is 43.5 Å². The van der Waals surface area contributed by atoms with E-state index in [1.165, 1.54) is 17.3 Å². The van der Waals surface area contributed by atoms with Crippen LogP contribution in [0.15, 0.2) is 47.4 Å². The number of nitrogens with one attached hydrogen (secondary N) is 2. The molecule has 0 radical (unpaired) electrons. The zero-order valence-electron chi connectivity index (χ0n) is 14.9. The molecule has 0 fully saturated rings. The predicted octanol–water partition coefficient (Wildman–Crippen LogP) is 3.71. The Labute approximate surface area is 153 Å². The maximum atomic E-state index is 12.0. The fourth-order valence-electron chi connectivity index (χ4n) is 2.48. The standard InChI is InChI=1S/C20H24N2O2S/c1-4-16-7-5-6-8-17(16)22-19(23)12-21-20(24)13-25-18-10-9-14(2)11-15(18)3/h5-11H,4,12-13H2,1-3H3,(H,21,24)(H,22,23). The van der Waals surface area contributed by atoms with Crippen molar-refractivity contribution < 1.29 is 9.59 Å². The largest absolute Gasteiger partial charge is 0.346 e. The molecule has 132 valence electrons. The molecule has 2 aromatic rings. The van der Waals surface area contributed by atoms with Crippen LogP contribution in [0.3, 0.4) is 0 Å². The third-order valence-electron chi connectivity index (χ3n) is 3.81. The summed E-state index contributed by atoms with van der Waals surface area (Å²) in [5.74, 6) is -0.0717. The third kappa shape index (κ3) is 5.94. The van der Waals surface area contributed by atoms with Gasteiger partial charge in [0.1, 0.15) is 0 Å². The van der Waals surface area contributed by atoms with Gasteiger partial charge < -0.3 is 10.6 Å². The number of carbonyl (C=O) groups is 2. The highest BCUT2D eigenvalue weighted by Gasteiger charge is 2.09. The van der Waals surface area contributed by atoms with E-state index < -0.39 is 0 Å². The lowest BCUT2D eigenvalue weighted by Gasteiger charge is -2.10. The average Bonchev–Trinajstić information content (AvgIpc) is 2.59. The number of anilines is 1. The monoisotopic (exact) mass is 356 g/mol. The van der Waals surface area contributed by atoms with Crippen LogP contribution >= 0.6 is 11.8 Å². The minimum Gasteiger partial charge on any atom is -0.346 e. The van der Waals surface area contributed by atoms with Crippen molar-refractivity contribution in [3.8, 4) is 0 Å². The molecule has 0 spiro atoms. The van der Waals surface area contributed by atoms with Crippen molar-refractivity contribution in [2.45, 2.75) is 32.1 Å². The first kappa shape index (κ1) is 19.1. The number of aryl methyl sites for hydroxylation is 3. The summed E-state index contributed by atoms with van der Waals surface area (Å²) in [4.78, 5) is 25.1. The second kappa shape index (κ2) is 9.28. The number of hydrogen-bond acceptors (Lipinski definition) is 3. The van der Waals surface area contributed by atoms with Crippen LogP contribution in [-0.4, -0.2) is 24.1 Å². The van der Waals surface area contributed by atoms with Crippen molar-refractivity contribution in [3.05, 3.63) is 59.2 Å². The van der Waals surface area contributed by atoms with Gasteiger partial charge in [-0.15, -0.1) is 11.8 Å². The van der Waals surface area contributed by atoms with Crippen LogP contribution in [0.25, 0.3) is 0 Å². The van der Waals surface area contributed by atoms with E-state index in [0.29, 0.717) is 5.75 Å². The molecule has 2 N–H and O–H groups in total. The Morgan fingerprint density at radius 1 is 1.04 bits per heavy atom. The van der Waals surface area contributed by atoms with Gasteiger partial charge in [-0.25, -0.2) is 0 Å². The summed E-state index contributed by atoms with van der Waals surface area (Å²) < 4.78 is 0. The van der Waals surface area contributed by atoms with Gasteiger partial charge >= 0.3 is 0 Å². The molecule has 0 aliphatic rings. The van der Waals surface area contributed by atoms with Gasteiger partial charge in [0.25, 0.3) is 0 Å². The zero-order valence-corrected chi connectivity index (χ0v) is 15.7. The van der Waals surface area contributed by atoms with Gasteiger partial charge in [0, 0.05) is 10.6 Å². The SMILES string of the molecule is CCc1ccccc1NC(=O)CNC(=O)CSc1ccc(C)cc1C. The van der Waals surface area contributed by atoms with Crippen molar-refractivity contribution in [2.75, 3.05) is 17.6 Å². The van der Waals surface area contributed by atoms with Crippen molar-refractivity contribution in [3.63, 3.8) is 0 Å². The number of carbonyl (C=O) groups excluding carboxylic acids is 2. The van der Waals surface area contributed by atoms with Crippen molar-refractivity contribution in [1.29, 1.82) is 0 Å². The molecule has 0 aliphatic heterocycles. The Kier molecular flexibility index (Phi) is 7.07. The van der Waals surface area contributed by atoms with Crippen LogP contribution < -0.4 is 10.6 Å². The first-order chi connectivity index (χ1) is 12.0. The van der Waals surface area contributed by atoms with Gasteiger partial charge in [0.05, 0.1) is 12.3 Å². The Bertz CT molecular complexity index is 759. The summed E-state index contributed by atoms with van der Waals surface area (Å²) in [5, 5.41) is 5.51. The normalized spacial score (nSPS) is 10.4. The van der Waals surface area contributed by atoms with Crippen LogP contribution in [0.1, 0.15) is 23.6 Å². The molecular weight excluding hydrogens is 332 g/mol. The molecule has 2 rings (SSSR count). The predicted molar refractivity (Wildman–Crippen MR) is 104 cm³/mol. The summed E-state index contributed by atoms with van der Waals surface area (Å²) in [6, 6.07) is 13.8. The highest BCUT2D eigenvalue weighted by atomic mass is 32.2. The first-order valence-electron chi connectivity index (χ1n) is 8.34. The number of para-hydroxylation sites is 1. The second-order valence-electron chi connectivity index (χ2n) is 5.89. The van der Waals surface area contributed by atoms with Crippen LogP contribution in [-0.2, 0) is 16.0 Å². The van der Waals surface area contributed by atoms with Gasteiger partial charge in [-0.2, -0.15) is 0 Å². The summed E-state index contributed by atoms with van der Waals surface area (Å²) in [5.41, 5.74) is 4.24. The van der Waals surface area contributed by atoms with Crippen LogP contribution in [0.4, 0.5) is 5.69 Å². The summed E-state index contributed by atoms with van der Waals surface area (Å²) in [6.07, 6.45) is 0.843. The number of hydrogen-bond donors (Lipinski definition) is 2. The Morgan fingerprint density at radius 2 is 1.80 bits per heavy atom. The summed E-state index contributed by atoms with van der Waals surface area (Å²) in [6.45, 7) is 6.09. The number of benzene rings is 2. The highest BCUT2D eigenvalue weighted by Crippen LogP contribution is 2.22. The Hall–Kier alpha value is -2.27. The molecule has 0 aliphatic carbocycles. The Morgan fingerprint density at radius 3 is 2.52 bits per heavy atom. The topological polar surface area (TPSA) is 58.2 Å². The quantitative estimate of drug-likeness (QED) is 0.744. The van der Waals surface area contributed by atoms with E-state index in [2.05, 4.69) is 16.7 Å². The fourth-order valence-corrected chi connectivity index (χ4v) is 3.32. The molecule has 0 heterocycles. The van der Waals surface area contributed by atoms with Gasteiger partial charge in [-0.3, -0.25) is 9.59 Å². The Balaban J connectivity index is 1.78. The van der Waals surface area contributed by atoms with Crippen molar-refractivity contribution in [1.82, 2.24) is 5.32 Å². The lowest BCUT2D eigenvalue weighted by atomic mass is 10.1. The molecule has 2 amide bonds. The molecule has 0 bridgehead atoms. The number of thioether (sulfide) groups is 1. The van der Waals surface area contributed by atoms with E-state index >= 15 is 0 Å². The highest BCUT2D eigenvalue weighted by molar-refractivity contribution is 8.00. The lowest BCUT2D eigenvalue weighted by Crippen LogP contribution is -2.34. The van der Waals surface area contributed by atoms with E-state index in [-0.39, 0.29) is 18.4 Å². The molecule has 4 nitrogen and oxygen atoms in total. The van der Waals surface area contributed by atoms with Gasteiger partial charge in [0.15, 0.2) is 0 Å². The van der Waals surface area contributed by atoms with Crippen molar-refractivity contribution >= 4 is 29.3 Å². The number of rotatable bonds is 7. The minimum atomic E-state index is -0.217. The smallest absolute Gasteiger partial charge is 0.243 e. The summed E-state index contributed by atoms with van der Waals surface area (Å²) in [7, 11) is 0. The van der Waals surface area contributed by atoms with E-state index in [4.69, 9.17) is 0 Å². The lowest BCUT2D eigenvalue weighted by molar-refractivity contribution is -0.122. The first-order valence-corrected chi connectivity index (χ1v) is 9.32. The molecule has 5 heteroatoms. The maximum Gasteiger partial charge on any atom is 0.243 e. The number of amides is 2. The zero-order chi connectivity index (χ0) is 18.2. The van der Waals surface area contributed by atoms with Crippen LogP contribution in [0.5, 0.6) is 0 Å². The molecule has 2 aromatic carbocycles. The van der Waals surface area contributed by atoms with Gasteiger partial charge in [-0.1, -0.05) is 42.8 Å². The summed E-state index contributed by atoms with van der Waals surface area (Å²) >= 11 is 1.48. The van der Waals surface area contributed by atoms with Crippen LogP contribution in [0.2, 0.25) is 0 Å². The molecular formula is C20H24N2O2S. The molecule has 0 saturated carbocycles.